The average molecular weight is 178 g/mol. The molecule has 0 radical (unpaired) electrons. The van der Waals surface area contributed by atoms with E-state index in [-0.39, 0.29) is 5.25 Å². The molecule has 0 rings (SSSR count). The minimum Gasteiger partial charge on any atom is -0.480 e. The highest BCUT2D eigenvalue weighted by Crippen LogP contribution is 2.13. The second-order valence-electron chi connectivity index (χ2n) is 2.20. The van der Waals surface area contributed by atoms with Crippen molar-refractivity contribution in [3.63, 3.8) is 0 Å². The zero-order valence-electron chi connectivity index (χ0n) is 6.46. The number of carboxylic acid groups (broad SMARTS) is 1. The molecule has 10 heavy (non-hydrogen) atoms. The van der Waals surface area contributed by atoms with E-state index in [1.54, 1.807) is 11.2 Å². The van der Waals surface area contributed by atoms with Crippen LogP contribution in [0.4, 0.5) is 0 Å². The van der Waals surface area contributed by atoms with E-state index >= 15 is 0 Å². The quantitative estimate of drug-likeness (QED) is 0.628. The number of unbranched alkanes of at least 4 members (excludes halogenated alkanes) is 1. The number of carboxylic acids is 1. The normalized spacial score (nSPS) is 13.3. The Morgan fingerprint density at radius 3 is 2.70 bits per heavy atom. The summed E-state index contributed by atoms with van der Waals surface area (Å²) in [5.74, 6) is -0.645. The monoisotopic (exact) mass is 178 g/mol. The third kappa shape index (κ3) is 3.95. The Balaban J connectivity index is 3.50. The Hall–Kier alpha value is 0.0369. The summed E-state index contributed by atoms with van der Waals surface area (Å²) in [5, 5.41) is 8.47. The van der Waals surface area contributed by atoms with Gasteiger partial charge in [0.25, 0.3) is 0 Å². The molecule has 0 fully saturated rings. The van der Waals surface area contributed by atoms with E-state index < -0.39 is 5.97 Å². The highest BCUT2D eigenvalue weighted by atomic mass is 32.4. The number of aliphatic carboxylic acids is 1. The Labute approximate surface area is 68.5 Å². The predicted molar refractivity (Wildman–Crippen MR) is 48.5 cm³/mol. The van der Waals surface area contributed by atoms with Crippen LogP contribution in [0.3, 0.4) is 0 Å². The van der Waals surface area contributed by atoms with Crippen molar-refractivity contribution in [1.29, 1.82) is 0 Å². The molecule has 0 heterocycles. The van der Waals surface area contributed by atoms with E-state index in [0.717, 1.165) is 28.7 Å². The molecule has 0 saturated heterocycles. The van der Waals surface area contributed by atoms with Gasteiger partial charge in [0.1, 0.15) is 0 Å². The van der Waals surface area contributed by atoms with Gasteiger partial charge in [-0.3, -0.25) is 4.79 Å². The van der Waals surface area contributed by atoms with Crippen LogP contribution in [0.5, 0.6) is 0 Å². The zero-order chi connectivity index (χ0) is 7.98. The van der Waals surface area contributed by atoms with Gasteiger partial charge in [0.15, 0.2) is 0 Å². The molecule has 0 aromatic carbocycles. The third-order valence-electron chi connectivity index (χ3n) is 1.38. The van der Waals surface area contributed by atoms with E-state index in [1.165, 1.54) is 0 Å². The fourth-order valence-electron chi connectivity index (χ4n) is 0.732. The predicted octanol–water partition coefficient (Wildman–Crippen LogP) is 0.643. The minimum absolute atomic E-state index is 0.133. The summed E-state index contributed by atoms with van der Waals surface area (Å²) >= 11 is 1.56. The minimum atomic E-state index is -0.645. The number of carbonyl (C=O) groups is 1. The topological polar surface area (TPSA) is 37.3 Å². The van der Waals surface area contributed by atoms with Crippen LogP contribution in [0.2, 0.25) is 0 Å². The van der Waals surface area contributed by atoms with Crippen molar-refractivity contribution in [2.75, 3.05) is 0 Å². The summed E-state index contributed by atoms with van der Waals surface area (Å²) in [4.78, 5) is 10.4. The number of hydrogen-bond acceptors (Lipinski definition) is 2. The zero-order valence-corrected chi connectivity index (χ0v) is 9.28. The molecule has 4 heteroatoms. The molecule has 0 spiro atoms. The van der Waals surface area contributed by atoms with Crippen LogP contribution in [0.15, 0.2) is 0 Å². The highest BCUT2D eigenvalue weighted by Gasteiger charge is 2.13. The van der Waals surface area contributed by atoms with Crippen molar-refractivity contribution in [2.45, 2.75) is 31.4 Å². The molecule has 0 bridgehead atoms. The lowest BCUT2D eigenvalue weighted by Gasteiger charge is -2.06. The number of hydrogen-bond donors (Lipinski definition) is 1. The molecule has 2 nitrogen and oxygen atoms in total. The molecule has 0 aliphatic heterocycles. The lowest BCUT2D eigenvalue weighted by Crippen LogP contribution is -2.15. The van der Waals surface area contributed by atoms with Crippen LogP contribution in [-0.4, -0.2) is 25.7 Å². The number of rotatable bonds is 5. The van der Waals surface area contributed by atoms with Gasteiger partial charge >= 0.3 is 5.97 Å². The standard InChI is InChI=1S/C6H14O2SSi/c1-2-3-4-5(9-10)6(7)8/h5H,2-4H2,1,10H3,(H,7,8). The van der Waals surface area contributed by atoms with Crippen LogP contribution in [0.1, 0.15) is 26.2 Å². The van der Waals surface area contributed by atoms with Gasteiger partial charge in [-0.25, -0.2) is 0 Å². The molecule has 0 saturated carbocycles. The van der Waals surface area contributed by atoms with E-state index in [0.29, 0.717) is 0 Å². The van der Waals surface area contributed by atoms with Crippen molar-refractivity contribution in [3.05, 3.63) is 0 Å². The maximum Gasteiger partial charge on any atom is 0.316 e. The maximum absolute atomic E-state index is 10.4. The van der Waals surface area contributed by atoms with Gasteiger partial charge in [0, 0.05) is 0 Å². The maximum atomic E-state index is 10.4. The SMILES string of the molecule is CCCCC(S[SiH3])C(=O)O. The first-order valence-electron chi connectivity index (χ1n) is 3.48. The Morgan fingerprint density at radius 2 is 2.40 bits per heavy atom. The molecule has 60 valence electrons. The third-order valence-corrected chi connectivity index (χ3v) is 4.09. The summed E-state index contributed by atoms with van der Waals surface area (Å²) in [6.07, 6.45) is 2.96. The molecule has 0 aliphatic rings. The largest absolute Gasteiger partial charge is 0.480 e. The van der Waals surface area contributed by atoms with Crippen molar-refractivity contribution in [1.82, 2.24) is 0 Å². The van der Waals surface area contributed by atoms with Crippen molar-refractivity contribution in [2.24, 2.45) is 0 Å². The van der Waals surface area contributed by atoms with E-state index in [1.807, 2.05) is 0 Å². The Bertz CT molecular complexity index is 108. The summed E-state index contributed by atoms with van der Waals surface area (Å²) in [6.45, 7) is 2.08. The fourth-order valence-corrected chi connectivity index (χ4v) is 2.65. The summed E-state index contributed by atoms with van der Waals surface area (Å²) in [5.41, 5.74) is 0. The lowest BCUT2D eigenvalue weighted by molar-refractivity contribution is -0.136. The first-order chi connectivity index (χ1) is 4.72. The van der Waals surface area contributed by atoms with E-state index in [2.05, 4.69) is 6.92 Å². The smallest absolute Gasteiger partial charge is 0.316 e. The molecule has 0 aromatic heterocycles. The Kier molecular flexibility index (Phi) is 5.82. The summed E-state index contributed by atoms with van der Waals surface area (Å²) in [6, 6.07) is 0. The summed E-state index contributed by atoms with van der Waals surface area (Å²) in [7, 11) is 0.923. The van der Waals surface area contributed by atoms with Gasteiger partial charge in [-0.15, -0.1) is 0 Å². The van der Waals surface area contributed by atoms with Gasteiger partial charge < -0.3 is 5.11 Å². The van der Waals surface area contributed by atoms with Gasteiger partial charge in [0.05, 0.1) is 14.6 Å². The molecule has 0 amide bonds. The molecule has 0 aromatic rings. The fraction of sp³-hybridized carbons (Fsp3) is 0.833. The van der Waals surface area contributed by atoms with Crippen LogP contribution >= 0.6 is 11.2 Å². The van der Waals surface area contributed by atoms with E-state index in [4.69, 9.17) is 5.11 Å². The highest BCUT2D eigenvalue weighted by molar-refractivity contribution is 8.20. The van der Waals surface area contributed by atoms with Gasteiger partial charge in [-0.2, -0.15) is 11.2 Å². The second-order valence-corrected chi connectivity index (χ2v) is 4.66. The van der Waals surface area contributed by atoms with Crippen LogP contribution in [0, 0.1) is 0 Å². The first-order valence-corrected chi connectivity index (χ1v) is 7.21. The molecule has 1 N–H and O–H groups in total. The molecular formula is C6H14O2SSi. The van der Waals surface area contributed by atoms with Crippen LogP contribution in [0.25, 0.3) is 0 Å². The van der Waals surface area contributed by atoms with Gasteiger partial charge in [0.2, 0.25) is 0 Å². The van der Waals surface area contributed by atoms with Crippen LogP contribution in [-0.2, 0) is 4.79 Å². The van der Waals surface area contributed by atoms with Crippen molar-refractivity contribution in [3.8, 4) is 0 Å². The van der Waals surface area contributed by atoms with Gasteiger partial charge in [-0.1, -0.05) is 19.8 Å². The second kappa shape index (κ2) is 5.79. The van der Waals surface area contributed by atoms with Gasteiger partial charge in [-0.05, 0) is 6.42 Å². The van der Waals surface area contributed by atoms with Crippen molar-refractivity contribution < 1.29 is 9.90 Å². The summed E-state index contributed by atoms with van der Waals surface area (Å²) < 4.78 is 0. The Morgan fingerprint density at radius 1 is 1.80 bits per heavy atom. The average Bonchev–Trinajstić information content (AvgIpc) is 1.89. The molecule has 1 unspecified atom stereocenters. The van der Waals surface area contributed by atoms with E-state index in [9.17, 15) is 4.79 Å². The molecular weight excluding hydrogens is 164 g/mol. The van der Waals surface area contributed by atoms with Crippen LogP contribution < -0.4 is 0 Å². The molecule has 0 aliphatic carbocycles. The first kappa shape index (κ1) is 10.0. The van der Waals surface area contributed by atoms with Crippen molar-refractivity contribution >= 4 is 26.6 Å². The lowest BCUT2D eigenvalue weighted by atomic mass is 10.2. The molecule has 1 atom stereocenters.